The van der Waals surface area contributed by atoms with Gasteiger partial charge in [-0.3, -0.25) is 9.59 Å². The van der Waals surface area contributed by atoms with Crippen molar-refractivity contribution in [2.24, 2.45) is 0 Å². The number of benzene rings is 2. The number of hydrogen-bond acceptors (Lipinski definition) is 4. The number of ketones is 1. The predicted molar refractivity (Wildman–Crippen MR) is 113 cm³/mol. The van der Waals surface area contributed by atoms with E-state index in [4.69, 9.17) is 16.0 Å². The molecule has 1 unspecified atom stereocenters. The van der Waals surface area contributed by atoms with E-state index >= 15 is 0 Å². The second-order valence-corrected chi connectivity index (χ2v) is 7.63. The Hall–Kier alpha value is -3.31. The maximum Gasteiger partial charge on any atom is 0.290 e. The molecule has 1 aliphatic rings. The third-order valence-corrected chi connectivity index (χ3v) is 5.43. The molecular weight excluding hydrogens is 402 g/mol. The second kappa shape index (κ2) is 8.20. The summed E-state index contributed by atoms with van der Waals surface area (Å²) in [4.78, 5) is 27.6. The zero-order valence-corrected chi connectivity index (χ0v) is 17.1. The maximum atomic E-state index is 13.2. The minimum absolute atomic E-state index is 0.0183. The molecule has 2 heterocycles. The van der Waals surface area contributed by atoms with Crippen molar-refractivity contribution in [3.63, 3.8) is 0 Å². The maximum absolute atomic E-state index is 13.2. The Balaban J connectivity index is 1.72. The van der Waals surface area contributed by atoms with Crippen molar-refractivity contribution < 1.29 is 19.1 Å². The van der Waals surface area contributed by atoms with E-state index in [2.05, 4.69) is 0 Å². The normalized spacial score (nSPS) is 16.4. The Morgan fingerprint density at radius 3 is 2.40 bits per heavy atom. The summed E-state index contributed by atoms with van der Waals surface area (Å²) in [5.41, 5.74) is 1.77. The fraction of sp³-hybridized carbons (Fsp3) is 0.167. The summed E-state index contributed by atoms with van der Waals surface area (Å²) in [7, 11) is 0. The standard InChI is InChI=1S/C24H20ClNO4/c1-15-7-12-19(30-15)22(27)20-21(17-8-10-18(25)11-9-17)26(24(29)23(20)28)14-13-16-5-3-2-4-6-16/h2-12,21,28H,13-14H2,1H3. The first-order valence-electron chi connectivity index (χ1n) is 9.60. The van der Waals surface area contributed by atoms with Crippen molar-refractivity contribution in [2.75, 3.05) is 6.54 Å². The van der Waals surface area contributed by atoms with Crippen LogP contribution in [0.5, 0.6) is 0 Å². The highest BCUT2D eigenvalue weighted by Gasteiger charge is 2.44. The van der Waals surface area contributed by atoms with Crippen LogP contribution in [0.4, 0.5) is 0 Å². The highest BCUT2D eigenvalue weighted by molar-refractivity contribution is 6.30. The molecule has 0 aliphatic carbocycles. The van der Waals surface area contributed by atoms with Gasteiger partial charge in [0.15, 0.2) is 11.5 Å². The fourth-order valence-corrected chi connectivity index (χ4v) is 3.82. The molecule has 4 rings (SSSR count). The molecule has 0 saturated carbocycles. The average molecular weight is 422 g/mol. The minimum atomic E-state index is -0.726. The number of carbonyl (C=O) groups is 2. The number of hydrogen-bond donors (Lipinski definition) is 1. The molecule has 1 atom stereocenters. The molecule has 5 nitrogen and oxygen atoms in total. The van der Waals surface area contributed by atoms with Crippen molar-refractivity contribution >= 4 is 23.3 Å². The lowest BCUT2D eigenvalue weighted by atomic mass is 9.95. The molecule has 0 saturated heterocycles. The monoisotopic (exact) mass is 421 g/mol. The molecule has 6 heteroatoms. The van der Waals surface area contributed by atoms with Crippen molar-refractivity contribution in [2.45, 2.75) is 19.4 Å². The van der Waals surface area contributed by atoms with Crippen LogP contribution in [-0.4, -0.2) is 28.2 Å². The summed E-state index contributed by atoms with van der Waals surface area (Å²) in [6.07, 6.45) is 0.589. The molecule has 1 amide bonds. The highest BCUT2D eigenvalue weighted by Crippen LogP contribution is 2.39. The van der Waals surface area contributed by atoms with Gasteiger partial charge in [-0.15, -0.1) is 0 Å². The number of aliphatic hydroxyl groups is 1. The van der Waals surface area contributed by atoms with Gasteiger partial charge in [-0.05, 0) is 48.7 Å². The van der Waals surface area contributed by atoms with Gasteiger partial charge in [-0.25, -0.2) is 0 Å². The number of aliphatic hydroxyl groups excluding tert-OH is 1. The van der Waals surface area contributed by atoms with E-state index in [1.807, 2.05) is 30.3 Å². The largest absolute Gasteiger partial charge is 0.503 e. The fourth-order valence-electron chi connectivity index (χ4n) is 3.69. The average Bonchev–Trinajstić information content (AvgIpc) is 3.29. The van der Waals surface area contributed by atoms with Crippen LogP contribution in [0.3, 0.4) is 0 Å². The minimum Gasteiger partial charge on any atom is -0.503 e. The molecule has 2 aromatic carbocycles. The summed E-state index contributed by atoms with van der Waals surface area (Å²) in [5.74, 6) is -0.951. The zero-order chi connectivity index (χ0) is 21.3. The number of aryl methyl sites for hydroxylation is 1. The van der Waals surface area contributed by atoms with Crippen LogP contribution < -0.4 is 0 Å². The van der Waals surface area contributed by atoms with Crippen LogP contribution >= 0.6 is 11.6 Å². The summed E-state index contributed by atoms with van der Waals surface area (Å²) in [6, 6.07) is 19.2. The van der Waals surface area contributed by atoms with Crippen molar-refractivity contribution in [3.05, 3.63) is 106 Å². The lowest BCUT2D eigenvalue weighted by Gasteiger charge is -2.26. The molecule has 1 aliphatic heterocycles. The molecule has 1 N–H and O–H groups in total. The van der Waals surface area contributed by atoms with Crippen LogP contribution in [0.1, 0.15) is 33.5 Å². The first-order chi connectivity index (χ1) is 14.5. The van der Waals surface area contributed by atoms with E-state index in [9.17, 15) is 14.7 Å². The van der Waals surface area contributed by atoms with E-state index in [0.29, 0.717) is 29.3 Å². The van der Waals surface area contributed by atoms with Crippen molar-refractivity contribution in [1.29, 1.82) is 0 Å². The molecule has 0 bridgehead atoms. The van der Waals surface area contributed by atoms with Gasteiger partial charge >= 0.3 is 0 Å². The zero-order valence-electron chi connectivity index (χ0n) is 16.3. The third-order valence-electron chi connectivity index (χ3n) is 5.18. The van der Waals surface area contributed by atoms with Gasteiger partial charge in [0.1, 0.15) is 5.76 Å². The lowest BCUT2D eigenvalue weighted by molar-refractivity contribution is -0.129. The van der Waals surface area contributed by atoms with Crippen LogP contribution in [0, 0.1) is 6.92 Å². The number of carbonyl (C=O) groups excluding carboxylic acids is 2. The smallest absolute Gasteiger partial charge is 0.290 e. The second-order valence-electron chi connectivity index (χ2n) is 7.19. The van der Waals surface area contributed by atoms with E-state index in [1.54, 1.807) is 43.3 Å². The Labute approximate surface area is 179 Å². The molecule has 30 heavy (non-hydrogen) atoms. The number of halogens is 1. The summed E-state index contributed by atoms with van der Waals surface area (Å²) >= 11 is 6.03. The van der Waals surface area contributed by atoms with Gasteiger partial charge < -0.3 is 14.4 Å². The Morgan fingerprint density at radius 1 is 1.07 bits per heavy atom. The summed E-state index contributed by atoms with van der Waals surface area (Å²) < 4.78 is 5.46. The van der Waals surface area contributed by atoms with Gasteiger partial charge in [0, 0.05) is 11.6 Å². The molecule has 1 aromatic heterocycles. The topological polar surface area (TPSA) is 70.8 Å². The first-order valence-corrected chi connectivity index (χ1v) is 9.98. The van der Waals surface area contributed by atoms with Gasteiger partial charge in [-0.1, -0.05) is 54.1 Å². The van der Waals surface area contributed by atoms with Crippen LogP contribution in [0.2, 0.25) is 5.02 Å². The van der Waals surface area contributed by atoms with E-state index in [-0.39, 0.29) is 11.3 Å². The molecule has 0 fully saturated rings. The Morgan fingerprint density at radius 2 is 1.77 bits per heavy atom. The van der Waals surface area contributed by atoms with Crippen molar-refractivity contribution in [3.8, 4) is 0 Å². The quantitative estimate of drug-likeness (QED) is 0.564. The van der Waals surface area contributed by atoms with E-state index in [1.165, 1.54) is 4.90 Å². The predicted octanol–water partition coefficient (Wildman–Crippen LogP) is 5.06. The first kappa shape index (κ1) is 20.0. The van der Waals surface area contributed by atoms with Crippen LogP contribution in [-0.2, 0) is 11.2 Å². The number of rotatable bonds is 6. The van der Waals surface area contributed by atoms with Crippen LogP contribution in [0.15, 0.2) is 82.5 Å². The molecule has 152 valence electrons. The van der Waals surface area contributed by atoms with Gasteiger partial charge in [-0.2, -0.15) is 0 Å². The van der Waals surface area contributed by atoms with Gasteiger partial charge in [0.2, 0.25) is 5.78 Å². The Bertz CT molecular complexity index is 1120. The van der Waals surface area contributed by atoms with Gasteiger partial charge in [0.25, 0.3) is 5.91 Å². The number of nitrogens with zero attached hydrogens (tertiary/aromatic N) is 1. The molecular formula is C24H20ClNO4. The van der Waals surface area contributed by atoms with E-state index in [0.717, 1.165) is 5.56 Å². The summed E-state index contributed by atoms with van der Waals surface area (Å²) in [6.45, 7) is 2.07. The highest BCUT2D eigenvalue weighted by atomic mass is 35.5. The molecule has 0 radical (unpaired) electrons. The lowest BCUT2D eigenvalue weighted by Crippen LogP contribution is -2.33. The number of furan rings is 1. The molecule has 3 aromatic rings. The Kier molecular flexibility index (Phi) is 5.46. The third kappa shape index (κ3) is 3.76. The number of Topliss-reactive ketones (excluding diaryl/α,β-unsaturated/α-hetero) is 1. The van der Waals surface area contributed by atoms with Crippen LogP contribution in [0.25, 0.3) is 0 Å². The van der Waals surface area contributed by atoms with E-state index < -0.39 is 23.5 Å². The SMILES string of the molecule is Cc1ccc(C(=O)C2=C(O)C(=O)N(CCc3ccccc3)C2c2ccc(Cl)cc2)o1. The molecule has 0 spiro atoms. The summed E-state index contributed by atoms with van der Waals surface area (Å²) in [5, 5.41) is 11.2. The van der Waals surface area contributed by atoms with Crippen molar-refractivity contribution in [1.82, 2.24) is 4.90 Å². The van der Waals surface area contributed by atoms with Gasteiger partial charge in [0.05, 0.1) is 11.6 Å². The number of amides is 1.